The molecule has 21 heavy (non-hydrogen) atoms. The molecule has 5 nitrogen and oxygen atoms in total. The smallest absolute Gasteiger partial charge is 0.368 e. The van der Waals surface area contributed by atoms with Gasteiger partial charge in [0.25, 0.3) is 5.82 Å². The summed E-state index contributed by atoms with van der Waals surface area (Å²) in [5.41, 5.74) is 0.0885. The highest BCUT2D eigenvalue weighted by Gasteiger charge is 2.37. The molecular formula is C13H16F3N5. The Hall–Kier alpha value is -1.86. The summed E-state index contributed by atoms with van der Waals surface area (Å²) >= 11 is 0. The molecule has 0 aromatic carbocycles. The third-order valence-corrected chi connectivity index (χ3v) is 3.81. The topological polar surface area (TPSA) is 55.1 Å². The minimum absolute atomic E-state index is 0.0885. The van der Waals surface area contributed by atoms with Crippen LogP contribution >= 0.6 is 0 Å². The summed E-state index contributed by atoms with van der Waals surface area (Å²) in [4.78, 5) is 0. The van der Waals surface area contributed by atoms with E-state index in [1.165, 1.54) is 25.3 Å². The zero-order valence-corrected chi connectivity index (χ0v) is 11.4. The van der Waals surface area contributed by atoms with E-state index in [9.17, 15) is 13.2 Å². The Kier molecular flexibility index (Phi) is 3.69. The number of anilines is 1. The van der Waals surface area contributed by atoms with E-state index in [1.54, 1.807) is 6.07 Å². The molecule has 0 unspecified atom stereocenters. The summed E-state index contributed by atoms with van der Waals surface area (Å²) in [5, 5.41) is 13.7. The molecule has 0 aliphatic heterocycles. The second kappa shape index (κ2) is 5.50. The molecule has 2 aromatic rings. The molecule has 8 heteroatoms. The Labute approximate surface area is 119 Å². The van der Waals surface area contributed by atoms with E-state index in [2.05, 4.69) is 20.6 Å². The lowest BCUT2D eigenvalue weighted by atomic mass is 9.89. The number of hydrogen-bond acceptors (Lipinski definition) is 4. The average molecular weight is 299 g/mol. The first-order valence-corrected chi connectivity index (χ1v) is 7.07. The maximum atomic E-state index is 12.8. The molecule has 0 saturated heterocycles. The number of alkyl halides is 3. The van der Waals surface area contributed by atoms with E-state index in [1.807, 2.05) is 0 Å². The quantitative estimate of drug-likeness (QED) is 0.946. The van der Waals surface area contributed by atoms with Gasteiger partial charge in [-0.15, -0.1) is 15.3 Å². The molecule has 1 N–H and O–H groups in total. The highest BCUT2D eigenvalue weighted by molar-refractivity contribution is 5.44. The first-order valence-electron chi connectivity index (χ1n) is 7.07. The molecule has 3 rings (SSSR count). The van der Waals surface area contributed by atoms with Gasteiger partial charge < -0.3 is 5.32 Å². The third kappa shape index (κ3) is 3.08. The molecule has 114 valence electrons. The lowest BCUT2D eigenvalue weighted by molar-refractivity contribution is -0.146. The van der Waals surface area contributed by atoms with Crippen LogP contribution in [0.15, 0.2) is 12.1 Å². The van der Waals surface area contributed by atoms with Gasteiger partial charge in [0, 0.05) is 6.54 Å². The minimum Gasteiger partial charge on any atom is -0.368 e. The van der Waals surface area contributed by atoms with Gasteiger partial charge in [-0.05, 0) is 30.9 Å². The highest BCUT2D eigenvalue weighted by Crippen LogP contribution is 2.28. The van der Waals surface area contributed by atoms with Crippen LogP contribution in [0.1, 0.15) is 37.9 Å². The van der Waals surface area contributed by atoms with Gasteiger partial charge in [-0.1, -0.05) is 19.3 Å². The first kappa shape index (κ1) is 14.1. The molecule has 0 amide bonds. The maximum Gasteiger partial charge on any atom is 0.453 e. The van der Waals surface area contributed by atoms with Crippen LogP contribution in [0.3, 0.4) is 0 Å². The van der Waals surface area contributed by atoms with Crippen molar-refractivity contribution in [3.63, 3.8) is 0 Å². The molecule has 1 aliphatic carbocycles. The van der Waals surface area contributed by atoms with Crippen LogP contribution in [0, 0.1) is 5.92 Å². The van der Waals surface area contributed by atoms with Crippen molar-refractivity contribution in [1.82, 2.24) is 19.8 Å². The second-order valence-corrected chi connectivity index (χ2v) is 5.39. The van der Waals surface area contributed by atoms with Gasteiger partial charge >= 0.3 is 6.18 Å². The Bertz CT molecular complexity index is 616. The first-order chi connectivity index (χ1) is 10.0. The second-order valence-electron chi connectivity index (χ2n) is 5.39. The van der Waals surface area contributed by atoms with Gasteiger partial charge in [-0.2, -0.15) is 17.7 Å². The fourth-order valence-corrected chi connectivity index (χ4v) is 2.70. The summed E-state index contributed by atoms with van der Waals surface area (Å²) in [6.07, 6.45) is 1.49. The lowest BCUT2D eigenvalue weighted by Gasteiger charge is -2.21. The van der Waals surface area contributed by atoms with E-state index in [0.29, 0.717) is 11.7 Å². The summed E-state index contributed by atoms with van der Waals surface area (Å²) < 4.78 is 39.1. The number of rotatable bonds is 3. The van der Waals surface area contributed by atoms with E-state index in [-0.39, 0.29) is 5.65 Å². The molecular weight excluding hydrogens is 283 g/mol. The summed E-state index contributed by atoms with van der Waals surface area (Å²) in [6, 6.07) is 3.12. The maximum absolute atomic E-state index is 12.8. The molecule has 0 bridgehead atoms. The number of nitrogens with one attached hydrogen (secondary N) is 1. The summed E-state index contributed by atoms with van der Waals surface area (Å²) in [6.45, 7) is 0.738. The van der Waals surface area contributed by atoms with Crippen LogP contribution in [0.25, 0.3) is 5.65 Å². The van der Waals surface area contributed by atoms with E-state index < -0.39 is 12.0 Å². The molecule has 1 aliphatic rings. The number of hydrogen-bond donors (Lipinski definition) is 1. The van der Waals surface area contributed by atoms with E-state index >= 15 is 0 Å². The molecule has 1 saturated carbocycles. The van der Waals surface area contributed by atoms with Crippen molar-refractivity contribution < 1.29 is 13.2 Å². The average Bonchev–Trinajstić information content (AvgIpc) is 2.89. The zero-order valence-electron chi connectivity index (χ0n) is 11.4. The van der Waals surface area contributed by atoms with Crippen molar-refractivity contribution in [3.05, 3.63) is 18.0 Å². The molecule has 0 atom stereocenters. The third-order valence-electron chi connectivity index (χ3n) is 3.81. The van der Waals surface area contributed by atoms with Gasteiger partial charge in [-0.25, -0.2) is 0 Å². The van der Waals surface area contributed by atoms with Crippen LogP contribution in [0.2, 0.25) is 0 Å². The Morgan fingerprint density at radius 3 is 2.62 bits per heavy atom. The lowest BCUT2D eigenvalue weighted by Crippen LogP contribution is -2.19. The standard InChI is InChI=1S/C13H16F3N5/c14-13(15,16)12-19-18-11-7-6-10(20-21(11)12)17-8-9-4-2-1-3-5-9/h6-7,9H,1-5,8H2,(H,17,20). The van der Waals surface area contributed by atoms with Crippen molar-refractivity contribution in [1.29, 1.82) is 0 Å². The molecule has 0 radical (unpaired) electrons. The highest BCUT2D eigenvalue weighted by atomic mass is 19.4. The largest absolute Gasteiger partial charge is 0.453 e. The van der Waals surface area contributed by atoms with Crippen LogP contribution < -0.4 is 5.32 Å². The van der Waals surface area contributed by atoms with Crippen molar-refractivity contribution in [2.75, 3.05) is 11.9 Å². The van der Waals surface area contributed by atoms with Crippen LogP contribution in [-0.2, 0) is 6.18 Å². The fraction of sp³-hybridized carbons (Fsp3) is 0.615. The van der Waals surface area contributed by atoms with Crippen molar-refractivity contribution in [2.24, 2.45) is 5.92 Å². The molecule has 1 fully saturated rings. The molecule has 2 heterocycles. The number of halogens is 3. The van der Waals surface area contributed by atoms with Crippen LogP contribution in [0.4, 0.5) is 19.0 Å². The van der Waals surface area contributed by atoms with Crippen molar-refractivity contribution in [2.45, 2.75) is 38.3 Å². The Morgan fingerprint density at radius 2 is 1.90 bits per heavy atom. The van der Waals surface area contributed by atoms with Crippen molar-refractivity contribution >= 4 is 11.5 Å². The summed E-state index contributed by atoms with van der Waals surface area (Å²) in [7, 11) is 0. The van der Waals surface area contributed by atoms with Gasteiger partial charge in [0.2, 0.25) is 0 Å². The van der Waals surface area contributed by atoms with Crippen LogP contribution in [-0.4, -0.2) is 26.4 Å². The fourth-order valence-electron chi connectivity index (χ4n) is 2.70. The molecule has 2 aromatic heterocycles. The van der Waals surface area contributed by atoms with Gasteiger partial charge in [0.1, 0.15) is 5.82 Å². The van der Waals surface area contributed by atoms with Gasteiger partial charge in [0.05, 0.1) is 0 Å². The zero-order chi connectivity index (χ0) is 14.9. The van der Waals surface area contributed by atoms with Crippen molar-refractivity contribution in [3.8, 4) is 0 Å². The van der Waals surface area contributed by atoms with Gasteiger partial charge in [0.15, 0.2) is 5.65 Å². The molecule has 0 spiro atoms. The number of nitrogens with zero attached hydrogens (tertiary/aromatic N) is 4. The SMILES string of the molecule is FC(F)(F)c1nnc2ccc(NCC3CCCCC3)nn12. The number of aromatic nitrogens is 4. The monoisotopic (exact) mass is 299 g/mol. The Balaban J connectivity index is 1.76. The van der Waals surface area contributed by atoms with E-state index in [0.717, 1.165) is 23.9 Å². The van der Waals surface area contributed by atoms with E-state index in [4.69, 9.17) is 0 Å². The van der Waals surface area contributed by atoms with Gasteiger partial charge in [-0.3, -0.25) is 0 Å². The summed E-state index contributed by atoms with van der Waals surface area (Å²) in [5.74, 6) is -0.114. The normalized spacial score (nSPS) is 17.3. The predicted molar refractivity (Wildman–Crippen MR) is 70.8 cm³/mol. The van der Waals surface area contributed by atoms with Crippen LogP contribution in [0.5, 0.6) is 0 Å². The minimum atomic E-state index is -4.56. The predicted octanol–water partition coefficient (Wildman–Crippen LogP) is 3.14. The number of fused-ring (bicyclic) bond motifs is 1. The Morgan fingerprint density at radius 1 is 1.14 bits per heavy atom.